The summed E-state index contributed by atoms with van der Waals surface area (Å²) in [5.74, 6) is 0.745. The highest BCUT2D eigenvalue weighted by atomic mass is 127. The zero-order valence-corrected chi connectivity index (χ0v) is 24.0. The number of hydrogen-bond acceptors (Lipinski definition) is 3. The third kappa shape index (κ3) is 6.21. The Balaban J connectivity index is 2.12. The van der Waals surface area contributed by atoms with Gasteiger partial charge in [0.1, 0.15) is 11.4 Å². The number of alkyl halides is 1. The van der Waals surface area contributed by atoms with Crippen molar-refractivity contribution in [2.45, 2.75) is 56.6 Å². The van der Waals surface area contributed by atoms with Gasteiger partial charge in [-0.1, -0.05) is 104 Å². The first kappa shape index (κ1) is 26.3. The summed E-state index contributed by atoms with van der Waals surface area (Å²) in [6, 6.07) is 27.0. The van der Waals surface area contributed by atoms with Gasteiger partial charge in [0, 0.05) is 16.2 Å². The fraction of sp³-hybridized carbons (Fsp3) is 0.321. The molecular weight excluding hydrogens is 553 g/mol. The Bertz CT molecular complexity index is 1070. The second-order valence-corrected chi connectivity index (χ2v) is 15.4. The average Bonchev–Trinajstić information content (AvgIpc) is 2.76. The molecule has 180 valence electrons. The van der Waals surface area contributed by atoms with Gasteiger partial charge in [-0.3, -0.25) is 5.32 Å². The quantitative estimate of drug-likeness (QED) is 0.194. The third-order valence-corrected chi connectivity index (χ3v) is 11.3. The van der Waals surface area contributed by atoms with E-state index < -0.39 is 20.0 Å². The lowest BCUT2D eigenvalue weighted by Crippen LogP contribution is -2.68. The number of halogens is 1. The number of nitrogens with one attached hydrogen (secondary N) is 1. The maximum atomic E-state index is 12.5. The van der Waals surface area contributed by atoms with Gasteiger partial charge in [-0.15, -0.1) is 0 Å². The van der Waals surface area contributed by atoms with Crippen molar-refractivity contribution in [2.24, 2.45) is 0 Å². The van der Waals surface area contributed by atoms with Crippen LogP contribution in [0.5, 0.6) is 5.75 Å². The number of ether oxygens (including phenoxy) is 1. The molecule has 0 saturated heterocycles. The zero-order chi connectivity index (χ0) is 25.0. The monoisotopic (exact) mass is 587 g/mol. The van der Waals surface area contributed by atoms with Gasteiger partial charge in [-0.05, 0) is 53.9 Å². The Labute approximate surface area is 218 Å². The van der Waals surface area contributed by atoms with Gasteiger partial charge in [0.15, 0.2) is 0 Å². The molecule has 1 amide bonds. The molecule has 0 fully saturated rings. The summed E-state index contributed by atoms with van der Waals surface area (Å²) in [6.07, 6.45) is -0.477. The van der Waals surface area contributed by atoms with Crippen LogP contribution in [-0.2, 0) is 9.16 Å². The number of benzene rings is 3. The molecule has 0 aliphatic carbocycles. The smallest absolute Gasteiger partial charge is 0.412 e. The van der Waals surface area contributed by atoms with E-state index in [-0.39, 0.29) is 5.04 Å². The van der Waals surface area contributed by atoms with Crippen molar-refractivity contribution in [1.29, 1.82) is 0 Å². The van der Waals surface area contributed by atoms with Gasteiger partial charge in [-0.2, -0.15) is 0 Å². The molecule has 0 unspecified atom stereocenters. The van der Waals surface area contributed by atoms with Crippen molar-refractivity contribution >= 4 is 53.1 Å². The molecule has 0 spiro atoms. The summed E-state index contributed by atoms with van der Waals surface area (Å²) >= 11 is 2.33. The number of rotatable bonds is 6. The minimum atomic E-state index is -2.77. The molecule has 0 aliphatic heterocycles. The molecular formula is C28H34INO3Si. The number of carbonyl (C=O) groups excluding carboxylic acids is 1. The van der Waals surface area contributed by atoms with Crippen molar-refractivity contribution in [2.75, 3.05) is 5.32 Å². The van der Waals surface area contributed by atoms with E-state index in [9.17, 15) is 4.79 Å². The van der Waals surface area contributed by atoms with Crippen LogP contribution in [0, 0.1) is 0 Å². The van der Waals surface area contributed by atoms with Crippen LogP contribution in [0.3, 0.4) is 0 Å². The highest BCUT2D eigenvalue weighted by Crippen LogP contribution is 2.38. The van der Waals surface area contributed by atoms with E-state index in [1.54, 1.807) is 0 Å². The fourth-order valence-corrected chi connectivity index (χ4v) is 8.96. The van der Waals surface area contributed by atoms with Crippen molar-refractivity contribution in [3.05, 3.63) is 84.4 Å². The molecule has 3 rings (SSSR count). The molecule has 0 bridgehead atoms. The molecule has 0 heterocycles. The van der Waals surface area contributed by atoms with Crippen LogP contribution in [0.2, 0.25) is 5.04 Å². The van der Waals surface area contributed by atoms with Crippen molar-refractivity contribution in [3.8, 4) is 5.75 Å². The lowest BCUT2D eigenvalue weighted by molar-refractivity contribution is 0.0636. The molecule has 0 aliphatic rings. The summed E-state index contributed by atoms with van der Waals surface area (Å²) < 4.78 is 13.4. The lowest BCUT2D eigenvalue weighted by atomic mass is 10.2. The Morgan fingerprint density at radius 1 is 0.853 bits per heavy atom. The van der Waals surface area contributed by atoms with E-state index in [4.69, 9.17) is 9.16 Å². The summed E-state index contributed by atoms with van der Waals surface area (Å²) in [4.78, 5) is 12.5. The first-order valence-electron chi connectivity index (χ1n) is 11.4. The minimum Gasteiger partial charge on any atom is -0.534 e. The van der Waals surface area contributed by atoms with Crippen LogP contribution < -0.4 is 20.1 Å². The number of hydrogen-bond donors (Lipinski definition) is 1. The molecule has 3 aromatic rings. The summed E-state index contributed by atoms with van der Waals surface area (Å²) in [7, 11) is -2.77. The first-order valence-corrected chi connectivity index (χ1v) is 14.9. The first-order chi connectivity index (χ1) is 15.9. The van der Waals surface area contributed by atoms with E-state index in [0.29, 0.717) is 5.69 Å². The van der Waals surface area contributed by atoms with Crippen LogP contribution in [0.1, 0.15) is 47.1 Å². The van der Waals surface area contributed by atoms with Gasteiger partial charge in [-0.25, -0.2) is 4.79 Å². The van der Waals surface area contributed by atoms with Crippen LogP contribution in [0.15, 0.2) is 78.9 Å². The summed E-state index contributed by atoms with van der Waals surface area (Å²) in [5.41, 5.74) is 1.16. The Morgan fingerprint density at radius 2 is 1.38 bits per heavy atom. The van der Waals surface area contributed by atoms with Gasteiger partial charge >= 0.3 is 14.4 Å². The SMILES string of the molecule is CC(C)(C)OC(=O)Nc1cc(CI)cc(O[Si](c2ccccc2)(c2ccccc2)C(C)(C)C)c1. The van der Waals surface area contributed by atoms with Crippen molar-refractivity contribution < 1.29 is 14.0 Å². The fourth-order valence-electron chi connectivity index (χ4n) is 4.12. The highest BCUT2D eigenvalue weighted by Gasteiger charge is 2.52. The molecule has 0 aromatic heterocycles. The molecule has 0 radical (unpaired) electrons. The van der Waals surface area contributed by atoms with E-state index >= 15 is 0 Å². The average molecular weight is 588 g/mol. The predicted molar refractivity (Wildman–Crippen MR) is 152 cm³/mol. The van der Waals surface area contributed by atoms with Crippen molar-refractivity contribution in [3.63, 3.8) is 0 Å². The van der Waals surface area contributed by atoms with Crippen molar-refractivity contribution in [1.82, 2.24) is 0 Å². The van der Waals surface area contributed by atoms with E-state index in [1.807, 2.05) is 45.0 Å². The molecule has 3 aromatic carbocycles. The molecule has 0 atom stereocenters. The van der Waals surface area contributed by atoms with Gasteiger partial charge in [0.05, 0.1) is 0 Å². The lowest BCUT2D eigenvalue weighted by Gasteiger charge is -2.43. The Kier molecular flexibility index (Phi) is 8.13. The molecule has 1 N–H and O–H groups in total. The Morgan fingerprint density at radius 3 is 1.82 bits per heavy atom. The van der Waals surface area contributed by atoms with Crippen LogP contribution in [0.25, 0.3) is 0 Å². The van der Waals surface area contributed by atoms with Gasteiger partial charge < -0.3 is 9.16 Å². The van der Waals surface area contributed by atoms with E-state index in [2.05, 4.69) is 103 Å². The number of anilines is 1. The van der Waals surface area contributed by atoms with Crippen LogP contribution in [0.4, 0.5) is 10.5 Å². The topological polar surface area (TPSA) is 47.6 Å². The minimum absolute atomic E-state index is 0.158. The zero-order valence-electron chi connectivity index (χ0n) is 20.8. The highest BCUT2D eigenvalue weighted by molar-refractivity contribution is 14.1. The maximum Gasteiger partial charge on any atom is 0.412 e. The second kappa shape index (κ2) is 10.5. The number of carbonyl (C=O) groups is 1. The molecule has 0 saturated carbocycles. The van der Waals surface area contributed by atoms with E-state index in [1.165, 1.54) is 10.4 Å². The van der Waals surface area contributed by atoms with Crippen LogP contribution in [-0.4, -0.2) is 20.0 Å². The molecule has 4 nitrogen and oxygen atoms in total. The molecule has 34 heavy (non-hydrogen) atoms. The maximum absolute atomic E-state index is 12.5. The molecule has 6 heteroatoms. The summed E-state index contributed by atoms with van der Waals surface area (Å²) in [6.45, 7) is 12.3. The predicted octanol–water partition coefficient (Wildman–Crippen LogP) is 6.91. The normalized spacial score (nSPS) is 12.2. The van der Waals surface area contributed by atoms with Gasteiger partial charge in [0.2, 0.25) is 0 Å². The van der Waals surface area contributed by atoms with E-state index in [0.717, 1.165) is 15.7 Å². The number of amides is 1. The largest absolute Gasteiger partial charge is 0.534 e. The summed E-state index contributed by atoms with van der Waals surface area (Å²) in [5, 5.41) is 5.14. The standard InChI is InChI=1S/C28H34INO3Si/c1-27(2,3)32-26(31)30-22-17-21(20-29)18-23(19-22)33-34(28(4,5)6,24-13-9-7-10-14-24)25-15-11-8-12-16-25/h7-19H,20H2,1-6H3,(H,30,31). The van der Waals surface area contributed by atoms with Crippen LogP contribution >= 0.6 is 22.6 Å². The second-order valence-electron chi connectivity index (χ2n) is 10.4. The van der Waals surface area contributed by atoms with Gasteiger partial charge in [0.25, 0.3) is 0 Å². The Hall–Kier alpha value is -2.32. The third-order valence-electron chi connectivity index (χ3n) is 5.45.